The summed E-state index contributed by atoms with van der Waals surface area (Å²) < 4.78 is 42.0. The van der Waals surface area contributed by atoms with Gasteiger partial charge in [0, 0.05) is 32.9 Å². The van der Waals surface area contributed by atoms with Crippen molar-refractivity contribution in [1.29, 1.82) is 0 Å². The molecule has 3 heterocycles. The lowest BCUT2D eigenvalue weighted by Gasteiger charge is -2.18. The molecule has 1 aliphatic heterocycles. The topological polar surface area (TPSA) is 87.0 Å². The third-order valence-corrected chi connectivity index (χ3v) is 5.82. The second-order valence-electron chi connectivity index (χ2n) is 5.94. The molecule has 10 heteroatoms. The van der Waals surface area contributed by atoms with E-state index in [1.807, 2.05) is 15.7 Å². The molecule has 2 aromatic rings. The molecule has 2 aromatic heterocycles. The summed E-state index contributed by atoms with van der Waals surface area (Å²) in [6.07, 6.45) is 2.59. The van der Waals surface area contributed by atoms with Crippen molar-refractivity contribution in [3.63, 3.8) is 0 Å². The fourth-order valence-corrected chi connectivity index (χ4v) is 3.53. The van der Waals surface area contributed by atoms with Crippen LogP contribution in [0, 0.1) is 0 Å². The number of hydrogen-bond acceptors (Lipinski definition) is 5. The van der Waals surface area contributed by atoms with Gasteiger partial charge in [0.2, 0.25) is 0 Å². The van der Waals surface area contributed by atoms with Crippen LogP contribution in [0.4, 0.5) is 10.1 Å². The van der Waals surface area contributed by atoms with Crippen molar-refractivity contribution in [1.82, 2.24) is 18.4 Å². The van der Waals surface area contributed by atoms with Gasteiger partial charge in [-0.3, -0.25) is 9.20 Å². The molecule has 1 unspecified atom stereocenters. The van der Waals surface area contributed by atoms with E-state index in [0.29, 0.717) is 25.2 Å². The SMILES string of the molecule is CCN(C)S(=O)(=O)NC(=O)c1cnc2ccc(N3CCC(F)C3)cn12. The van der Waals surface area contributed by atoms with Crippen molar-refractivity contribution >= 4 is 27.5 Å². The molecule has 1 saturated heterocycles. The highest BCUT2D eigenvalue weighted by molar-refractivity contribution is 7.87. The predicted molar refractivity (Wildman–Crippen MR) is 91.6 cm³/mol. The van der Waals surface area contributed by atoms with Crippen molar-refractivity contribution in [2.24, 2.45) is 0 Å². The van der Waals surface area contributed by atoms with Crippen LogP contribution in [-0.4, -0.2) is 60.9 Å². The van der Waals surface area contributed by atoms with Gasteiger partial charge in [0.25, 0.3) is 5.91 Å². The molecule has 1 N–H and O–H groups in total. The van der Waals surface area contributed by atoms with Crippen LogP contribution in [0.3, 0.4) is 0 Å². The van der Waals surface area contributed by atoms with Crippen molar-refractivity contribution in [3.8, 4) is 0 Å². The smallest absolute Gasteiger partial charge is 0.303 e. The molecule has 0 saturated carbocycles. The molecule has 1 fully saturated rings. The zero-order chi connectivity index (χ0) is 18.2. The minimum atomic E-state index is -3.90. The van der Waals surface area contributed by atoms with Crippen LogP contribution in [0.2, 0.25) is 0 Å². The molecule has 0 aliphatic carbocycles. The number of pyridine rings is 1. The summed E-state index contributed by atoms with van der Waals surface area (Å²) in [5, 5.41) is 0. The van der Waals surface area contributed by atoms with Crippen molar-refractivity contribution in [2.45, 2.75) is 19.5 Å². The first-order valence-corrected chi connectivity index (χ1v) is 9.40. The van der Waals surface area contributed by atoms with Crippen LogP contribution in [0.5, 0.6) is 0 Å². The van der Waals surface area contributed by atoms with Gasteiger partial charge in [0.05, 0.1) is 11.9 Å². The number of carbonyl (C=O) groups is 1. The number of aromatic nitrogens is 2. The number of alkyl halides is 1. The lowest BCUT2D eigenvalue weighted by atomic mass is 10.3. The molecule has 0 spiro atoms. The van der Waals surface area contributed by atoms with Crippen LogP contribution in [-0.2, 0) is 10.2 Å². The summed E-state index contributed by atoms with van der Waals surface area (Å²) in [5.41, 5.74) is 1.36. The number of rotatable bonds is 5. The van der Waals surface area contributed by atoms with Gasteiger partial charge in [-0.15, -0.1) is 0 Å². The van der Waals surface area contributed by atoms with E-state index < -0.39 is 22.3 Å². The fourth-order valence-electron chi connectivity index (χ4n) is 2.69. The maximum atomic E-state index is 13.4. The average Bonchev–Trinajstić information content (AvgIpc) is 3.18. The molecule has 8 nitrogen and oxygen atoms in total. The van der Waals surface area contributed by atoms with Gasteiger partial charge in [-0.25, -0.2) is 14.1 Å². The number of carbonyl (C=O) groups excluding carboxylic acids is 1. The lowest BCUT2D eigenvalue weighted by Crippen LogP contribution is -2.41. The fraction of sp³-hybridized carbons (Fsp3) is 0.467. The standard InChI is InChI=1S/C15H20FN5O3S/c1-3-19(2)25(23,24)18-15(22)13-8-17-14-5-4-12(10-21(13)14)20-7-6-11(16)9-20/h4-5,8,10-11H,3,6-7,9H2,1-2H3,(H,18,22). The van der Waals surface area contributed by atoms with E-state index in [2.05, 4.69) is 4.98 Å². The minimum Gasteiger partial charge on any atom is -0.367 e. The van der Waals surface area contributed by atoms with Gasteiger partial charge >= 0.3 is 10.2 Å². The molecule has 1 atom stereocenters. The molecule has 0 radical (unpaired) electrons. The maximum Gasteiger partial charge on any atom is 0.303 e. The van der Waals surface area contributed by atoms with Gasteiger partial charge in [-0.2, -0.15) is 12.7 Å². The Bertz CT molecular complexity index is 898. The number of fused-ring (bicyclic) bond motifs is 1. The lowest BCUT2D eigenvalue weighted by molar-refractivity contribution is 0.0974. The Labute approximate surface area is 145 Å². The molecular weight excluding hydrogens is 349 g/mol. The van der Waals surface area contributed by atoms with E-state index in [0.717, 1.165) is 9.99 Å². The van der Waals surface area contributed by atoms with Crippen LogP contribution in [0.1, 0.15) is 23.8 Å². The Morgan fingerprint density at radius 2 is 2.24 bits per heavy atom. The first-order valence-electron chi connectivity index (χ1n) is 7.96. The zero-order valence-electron chi connectivity index (χ0n) is 14.0. The number of imidazole rings is 1. The Balaban J connectivity index is 1.90. The normalized spacial score (nSPS) is 18.2. The van der Waals surface area contributed by atoms with Crippen LogP contribution < -0.4 is 9.62 Å². The molecule has 136 valence electrons. The molecule has 0 bridgehead atoms. The third-order valence-electron chi connectivity index (χ3n) is 4.30. The average molecular weight is 369 g/mol. The molecular formula is C15H20FN5O3S. The first kappa shape index (κ1) is 17.6. The van der Waals surface area contributed by atoms with E-state index in [4.69, 9.17) is 0 Å². The predicted octanol–water partition coefficient (Wildman–Crippen LogP) is 0.809. The summed E-state index contributed by atoms with van der Waals surface area (Å²) in [6, 6.07) is 3.52. The summed E-state index contributed by atoms with van der Waals surface area (Å²) >= 11 is 0. The minimum absolute atomic E-state index is 0.0981. The van der Waals surface area contributed by atoms with E-state index in [9.17, 15) is 17.6 Å². The van der Waals surface area contributed by atoms with Gasteiger partial charge < -0.3 is 4.90 Å². The van der Waals surface area contributed by atoms with Crippen LogP contribution in [0.15, 0.2) is 24.5 Å². The van der Waals surface area contributed by atoms with E-state index in [-0.39, 0.29) is 12.2 Å². The van der Waals surface area contributed by atoms with Gasteiger partial charge in [-0.05, 0) is 18.6 Å². The quantitative estimate of drug-likeness (QED) is 0.843. The van der Waals surface area contributed by atoms with Gasteiger partial charge in [0.15, 0.2) is 0 Å². The summed E-state index contributed by atoms with van der Waals surface area (Å²) in [4.78, 5) is 18.4. The van der Waals surface area contributed by atoms with Crippen LogP contribution in [0.25, 0.3) is 5.65 Å². The Morgan fingerprint density at radius 3 is 2.88 bits per heavy atom. The van der Waals surface area contributed by atoms with Crippen molar-refractivity contribution in [3.05, 3.63) is 30.2 Å². The number of halogens is 1. The second-order valence-corrected chi connectivity index (χ2v) is 7.72. The number of anilines is 1. The molecule has 1 amide bonds. The maximum absolute atomic E-state index is 13.4. The Morgan fingerprint density at radius 1 is 1.48 bits per heavy atom. The van der Waals surface area contributed by atoms with Crippen molar-refractivity contribution in [2.75, 3.05) is 31.6 Å². The first-order chi connectivity index (χ1) is 11.8. The third kappa shape index (κ3) is 3.45. The highest BCUT2D eigenvalue weighted by Gasteiger charge is 2.24. The summed E-state index contributed by atoms with van der Waals surface area (Å²) in [6.45, 7) is 2.80. The number of nitrogens with one attached hydrogen (secondary N) is 1. The summed E-state index contributed by atoms with van der Waals surface area (Å²) in [5.74, 6) is -0.769. The monoisotopic (exact) mass is 369 g/mol. The molecule has 3 rings (SSSR count). The number of amides is 1. The van der Waals surface area contributed by atoms with E-state index in [1.165, 1.54) is 17.6 Å². The molecule has 25 heavy (non-hydrogen) atoms. The number of nitrogens with zero attached hydrogens (tertiary/aromatic N) is 4. The largest absolute Gasteiger partial charge is 0.367 e. The van der Waals surface area contributed by atoms with Gasteiger partial charge in [-0.1, -0.05) is 6.92 Å². The summed E-state index contributed by atoms with van der Waals surface area (Å²) in [7, 11) is -2.53. The highest BCUT2D eigenvalue weighted by atomic mass is 32.2. The van der Waals surface area contributed by atoms with Gasteiger partial charge in [0.1, 0.15) is 17.5 Å². The van der Waals surface area contributed by atoms with Crippen LogP contribution >= 0.6 is 0 Å². The highest BCUT2D eigenvalue weighted by Crippen LogP contribution is 2.23. The molecule has 1 aliphatic rings. The van der Waals surface area contributed by atoms with Crippen molar-refractivity contribution < 1.29 is 17.6 Å². The van der Waals surface area contributed by atoms with E-state index >= 15 is 0 Å². The molecule has 0 aromatic carbocycles. The van der Waals surface area contributed by atoms with E-state index in [1.54, 1.807) is 19.2 Å². The zero-order valence-corrected chi connectivity index (χ0v) is 14.8. The number of hydrogen-bond donors (Lipinski definition) is 1. The second kappa shape index (κ2) is 6.60. The Hall–Kier alpha value is -2.20. The Kier molecular flexibility index (Phi) is 4.65.